The molecule has 19 heavy (non-hydrogen) atoms. The minimum Gasteiger partial charge on any atom is -0.207 e. The lowest BCUT2D eigenvalue weighted by Gasteiger charge is -2.64. The Morgan fingerprint density at radius 1 is 1.05 bits per heavy atom. The summed E-state index contributed by atoms with van der Waals surface area (Å²) < 4.78 is 27.1. The fourth-order valence-electron chi connectivity index (χ4n) is 3.23. The van der Waals surface area contributed by atoms with Gasteiger partial charge < -0.3 is 0 Å². The molecule has 0 radical (unpaired) electrons. The molecule has 0 aromatic heterocycles. The smallest absolute Gasteiger partial charge is 0.207 e. The third-order valence-electron chi connectivity index (χ3n) is 4.92. The van der Waals surface area contributed by atoms with Crippen molar-refractivity contribution in [3.8, 4) is 0 Å². The van der Waals surface area contributed by atoms with Crippen molar-refractivity contribution in [2.24, 2.45) is 5.41 Å². The Kier molecular flexibility index (Phi) is 2.67. The van der Waals surface area contributed by atoms with Gasteiger partial charge in [0.1, 0.15) is 0 Å². The van der Waals surface area contributed by atoms with Gasteiger partial charge in [-0.15, -0.1) is 0 Å². The Morgan fingerprint density at radius 3 is 2.32 bits per heavy atom. The summed E-state index contributed by atoms with van der Waals surface area (Å²) in [5, 5.41) is 0. The van der Waals surface area contributed by atoms with E-state index in [2.05, 4.69) is 26.0 Å². The van der Waals surface area contributed by atoms with Gasteiger partial charge in [0.25, 0.3) is 0 Å². The van der Waals surface area contributed by atoms with E-state index < -0.39 is 10.0 Å². The molecule has 0 spiro atoms. The first-order chi connectivity index (χ1) is 8.90. The maximum absolute atomic E-state index is 12.7. The highest BCUT2D eigenvalue weighted by atomic mass is 32.2. The summed E-state index contributed by atoms with van der Waals surface area (Å²) in [6.45, 7) is 4.87. The maximum Gasteiger partial charge on any atom is 0.243 e. The van der Waals surface area contributed by atoms with Crippen LogP contribution in [-0.2, 0) is 10.0 Å². The molecule has 2 aliphatic rings. The molecule has 1 fully saturated rings. The Bertz CT molecular complexity index is 623. The monoisotopic (exact) mass is 277 g/mol. The van der Waals surface area contributed by atoms with E-state index in [0.29, 0.717) is 11.4 Å². The normalized spacial score (nSPS) is 34.6. The number of hydrogen-bond acceptors (Lipinski definition) is 2. The van der Waals surface area contributed by atoms with Gasteiger partial charge in [0, 0.05) is 17.5 Å². The number of sulfonamides is 1. The fourth-order valence-corrected chi connectivity index (χ4v) is 5.27. The quantitative estimate of drug-likeness (QED) is 0.780. The highest BCUT2D eigenvalue weighted by Crippen LogP contribution is 2.55. The van der Waals surface area contributed by atoms with Crippen molar-refractivity contribution >= 4 is 10.0 Å². The van der Waals surface area contributed by atoms with E-state index >= 15 is 0 Å². The predicted molar refractivity (Wildman–Crippen MR) is 75.2 cm³/mol. The summed E-state index contributed by atoms with van der Waals surface area (Å²) in [6, 6.07) is 8.73. The van der Waals surface area contributed by atoms with Crippen LogP contribution in [0.5, 0.6) is 0 Å². The standard InChI is InChI=1S/C15H19NO2S/c1-14-10-6-7-11-15(14,2)16(12-14)19(17,18)13-8-4-3-5-9-13/h3-9H,10-12H2,1-2H3/t14-,15+/m1/s1. The second kappa shape index (κ2) is 3.93. The zero-order valence-corrected chi connectivity index (χ0v) is 12.2. The van der Waals surface area contributed by atoms with Crippen molar-refractivity contribution in [1.82, 2.24) is 4.31 Å². The lowest BCUT2D eigenvalue weighted by atomic mass is 9.59. The van der Waals surface area contributed by atoms with Gasteiger partial charge in [0.15, 0.2) is 0 Å². The molecule has 0 saturated carbocycles. The first-order valence-electron chi connectivity index (χ1n) is 6.63. The SMILES string of the molecule is C[C@]12CC=CC[C@]1(C)N(S(=O)(=O)c1ccccc1)C2. The molecule has 0 unspecified atom stereocenters. The van der Waals surface area contributed by atoms with Crippen LogP contribution in [0.1, 0.15) is 26.7 Å². The molecule has 4 heteroatoms. The predicted octanol–water partition coefficient (Wildman–Crippen LogP) is 2.81. The van der Waals surface area contributed by atoms with Crippen LogP contribution in [0.4, 0.5) is 0 Å². The first-order valence-corrected chi connectivity index (χ1v) is 8.07. The Balaban J connectivity index is 2.00. The number of allylic oxidation sites excluding steroid dienone is 1. The summed E-state index contributed by atoms with van der Waals surface area (Å²) in [5.74, 6) is 0. The first kappa shape index (κ1) is 12.9. The molecule has 1 aromatic rings. The van der Waals surface area contributed by atoms with Gasteiger partial charge in [0.05, 0.1) is 4.90 Å². The summed E-state index contributed by atoms with van der Waals surface area (Å²) in [6.07, 6.45) is 6.04. The molecule has 2 atom stereocenters. The van der Waals surface area contributed by atoms with Crippen molar-refractivity contribution in [2.45, 2.75) is 37.1 Å². The van der Waals surface area contributed by atoms with E-state index in [1.165, 1.54) is 0 Å². The highest BCUT2D eigenvalue weighted by Gasteiger charge is 2.62. The van der Waals surface area contributed by atoms with Crippen LogP contribution in [0.3, 0.4) is 0 Å². The van der Waals surface area contributed by atoms with Crippen molar-refractivity contribution in [3.05, 3.63) is 42.5 Å². The zero-order valence-electron chi connectivity index (χ0n) is 11.3. The molecular weight excluding hydrogens is 258 g/mol. The van der Waals surface area contributed by atoms with Gasteiger partial charge in [-0.3, -0.25) is 0 Å². The van der Waals surface area contributed by atoms with Gasteiger partial charge in [0.2, 0.25) is 10.0 Å². The largest absolute Gasteiger partial charge is 0.243 e. The summed E-state index contributed by atoms with van der Waals surface area (Å²) in [4.78, 5) is 0.396. The lowest BCUT2D eigenvalue weighted by molar-refractivity contribution is -0.0807. The molecule has 3 rings (SSSR count). The average molecular weight is 277 g/mol. The van der Waals surface area contributed by atoms with E-state index in [0.717, 1.165) is 12.8 Å². The third kappa shape index (κ3) is 1.63. The summed E-state index contributed by atoms with van der Waals surface area (Å²) >= 11 is 0. The van der Waals surface area contributed by atoms with Gasteiger partial charge in [-0.2, -0.15) is 4.31 Å². The minimum absolute atomic E-state index is 0.0730. The summed E-state index contributed by atoms with van der Waals surface area (Å²) in [7, 11) is -3.37. The van der Waals surface area contributed by atoms with E-state index in [1.54, 1.807) is 28.6 Å². The number of fused-ring (bicyclic) bond motifs is 1. The van der Waals surface area contributed by atoms with Gasteiger partial charge in [-0.1, -0.05) is 37.3 Å². The van der Waals surface area contributed by atoms with E-state index in [4.69, 9.17) is 0 Å². The van der Waals surface area contributed by atoms with E-state index in [-0.39, 0.29) is 11.0 Å². The number of benzene rings is 1. The number of rotatable bonds is 2. The molecule has 1 heterocycles. The molecule has 0 N–H and O–H groups in total. The molecule has 1 aromatic carbocycles. The zero-order chi connectivity index (χ0) is 13.7. The van der Waals surface area contributed by atoms with E-state index in [9.17, 15) is 8.42 Å². The van der Waals surface area contributed by atoms with Crippen molar-refractivity contribution in [2.75, 3.05) is 6.54 Å². The Hall–Kier alpha value is -1.13. The Morgan fingerprint density at radius 2 is 1.68 bits per heavy atom. The van der Waals surface area contributed by atoms with E-state index in [1.807, 2.05) is 6.07 Å². The van der Waals surface area contributed by atoms with Crippen molar-refractivity contribution in [3.63, 3.8) is 0 Å². The number of nitrogens with zero attached hydrogens (tertiary/aromatic N) is 1. The second-order valence-electron chi connectivity index (χ2n) is 6.04. The van der Waals surface area contributed by atoms with Crippen LogP contribution >= 0.6 is 0 Å². The molecule has 0 amide bonds. The van der Waals surface area contributed by atoms with Crippen LogP contribution in [0.15, 0.2) is 47.4 Å². The fraction of sp³-hybridized carbons (Fsp3) is 0.467. The van der Waals surface area contributed by atoms with Crippen LogP contribution in [0, 0.1) is 5.41 Å². The second-order valence-corrected chi connectivity index (χ2v) is 7.90. The number of hydrogen-bond donors (Lipinski definition) is 0. The van der Waals surface area contributed by atoms with Gasteiger partial charge in [-0.05, 0) is 31.9 Å². The molecule has 1 saturated heterocycles. The Labute approximate surface area is 115 Å². The molecule has 3 nitrogen and oxygen atoms in total. The summed E-state index contributed by atoms with van der Waals surface area (Å²) in [5.41, 5.74) is -0.208. The minimum atomic E-state index is -3.37. The molecule has 1 aliphatic heterocycles. The van der Waals surface area contributed by atoms with Gasteiger partial charge in [-0.25, -0.2) is 8.42 Å². The lowest BCUT2D eigenvalue weighted by Crippen LogP contribution is -2.73. The topological polar surface area (TPSA) is 37.4 Å². The molecule has 0 bridgehead atoms. The van der Waals surface area contributed by atoms with Crippen molar-refractivity contribution < 1.29 is 8.42 Å². The highest BCUT2D eigenvalue weighted by molar-refractivity contribution is 7.89. The maximum atomic E-state index is 12.7. The van der Waals surface area contributed by atoms with Crippen LogP contribution < -0.4 is 0 Å². The van der Waals surface area contributed by atoms with Gasteiger partial charge >= 0.3 is 0 Å². The van der Waals surface area contributed by atoms with Crippen molar-refractivity contribution in [1.29, 1.82) is 0 Å². The van der Waals surface area contributed by atoms with Crippen LogP contribution in [0.25, 0.3) is 0 Å². The molecule has 1 aliphatic carbocycles. The average Bonchev–Trinajstić information content (AvgIpc) is 2.40. The van der Waals surface area contributed by atoms with Crippen LogP contribution in [0.2, 0.25) is 0 Å². The molecular formula is C15H19NO2S. The third-order valence-corrected chi connectivity index (χ3v) is 6.91. The van der Waals surface area contributed by atoms with Crippen LogP contribution in [-0.4, -0.2) is 24.8 Å². The molecule has 102 valence electrons.